The van der Waals surface area contributed by atoms with E-state index in [0.717, 1.165) is 22.4 Å². The van der Waals surface area contributed by atoms with Gasteiger partial charge in [-0.2, -0.15) is 0 Å². The van der Waals surface area contributed by atoms with Crippen molar-refractivity contribution in [2.45, 2.75) is 38.2 Å². The van der Waals surface area contributed by atoms with Crippen molar-refractivity contribution in [2.75, 3.05) is 0 Å². The SMILES string of the molecule is CC1=C(C(=O)OCc2ccccc2)[C@@H](c2ccc(O)cc2)C2=C(C[C@@H](c3ccccc3)CC2=O)N1. The van der Waals surface area contributed by atoms with Crippen LogP contribution in [0.2, 0.25) is 0 Å². The summed E-state index contributed by atoms with van der Waals surface area (Å²) >= 11 is 0. The van der Waals surface area contributed by atoms with Crippen LogP contribution in [0.1, 0.15) is 48.3 Å². The summed E-state index contributed by atoms with van der Waals surface area (Å²) in [6, 6.07) is 26.3. The lowest BCUT2D eigenvalue weighted by Gasteiger charge is -2.36. The number of nitrogens with one attached hydrogen (secondary N) is 1. The number of esters is 1. The lowest BCUT2D eigenvalue weighted by Crippen LogP contribution is -2.36. The first-order valence-electron chi connectivity index (χ1n) is 11.8. The van der Waals surface area contributed by atoms with Crippen LogP contribution in [0.15, 0.2) is 107 Å². The van der Waals surface area contributed by atoms with Crippen LogP contribution in [-0.2, 0) is 20.9 Å². The van der Waals surface area contributed by atoms with Crippen LogP contribution in [0, 0.1) is 0 Å². The molecule has 0 fully saturated rings. The van der Waals surface area contributed by atoms with Crippen LogP contribution in [0.3, 0.4) is 0 Å². The number of carbonyl (C=O) groups excluding carboxylic acids is 2. The number of benzene rings is 3. The first-order valence-corrected chi connectivity index (χ1v) is 11.8. The van der Waals surface area contributed by atoms with Gasteiger partial charge in [0.1, 0.15) is 12.4 Å². The molecule has 3 aromatic rings. The molecule has 5 heteroatoms. The van der Waals surface area contributed by atoms with E-state index in [1.54, 1.807) is 24.3 Å². The largest absolute Gasteiger partial charge is 0.508 e. The molecule has 0 aromatic heterocycles. The number of hydrogen-bond acceptors (Lipinski definition) is 5. The molecule has 0 unspecified atom stereocenters. The van der Waals surface area contributed by atoms with Crippen molar-refractivity contribution in [3.8, 4) is 5.75 Å². The third kappa shape index (κ3) is 4.62. The zero-order chi connectivity index (χ0) is 24.4. The van der Waals surface area contributed by atoms with Crippen molar-refractivity contribution in [3.63, 3.8) is 0 Å². The van der Waals surface area contributed by atoms with E-state index >= 15 is 0 Å². The average molecular weight is 466 g/mol. The molecule has 3 aromatic carbocycles. The molecule has 35 heavy (non-hydrogen) atoms. The molecule has 5 nitrogen and oxygen atoms in total. The molecule has 0 bridgehead atoms. The molecular formula is C30H27NO4. The molecule has 0 saturated heterocycles. The Balaban J connectivity index is 1.51. The second kappa shape index (κ2) is 9.63. The fourth-order valence-electron chi connectivity index (χ4n) is 5.07. The maximum absolute atomic E-state index is 13.6. The molecule has 5 rings (SSSR count). The van der Waals surface area contributed by atoms with Gasteiger partial charge in [0.25, 0.3) is 0 Å². The molecule has 0 spiro atoms. The monoisotopic (exact) mass is 465 g/mol. The Morgan fingerprint density at radius 2 is 1.57 bits per heavy atom. The highest BCUT2D eigenvalue weighted by molar-refractivity contribution is 6.04. The van der Waals surface area contributed by atoms with Crippen molar-refractivity contribution < 1.29 is 19.4 Å². The van der Waals surface area contributed by atoms with E-state index in [-0.39, 0.29) is 24.1 Å². The fraction of sp³-hybridized carbons (Fsp3) is 0.200. The number of phenols is 1. The zero-order valence-corrected chi connectivity index (χ0v) is 19.5. The summed E-state index contributed by atoms with van der Waals surface area (Å²) < 4.78 is 5.70. The third-order valence-corrected chi connectivity index (χ3v) is 6.76. The van der Waals surface area contributed by atoms with Gasteiger partial charge in [0.05, 0.1) is 5.57 Å². The molecule has 2 N–H and O–H groups in total. The Labute approximate surface area is 204 Å². The van der Waals surface area contributed by atoms with Gasteiger partial charge < -0.3 is 15.2 Å². The second-order valence-electron chi connectivity index (χ2n) is 9.08. The number of ketones is 1. The molecular weight excluding hydrogens is 438 g/mol. The Hall–Kier alpha value is -4.12. The van der Waals surface area contributed by atoms with Gasteiger partial charge in [-0.1, -0.05) is 72.8 Å². The van der Waals surface area contributed by atoms with Gasteiger partial charge in [-0.25, -0.2) is 4.79 Å². The fourth-order valence-corrected chi connectivity index (χ4v) is 5.07. The summed E-state index contributed by atoms with van der Waals surface area (Å²) in [7, 11) is 0. The molecule has 2 atom stereocenters. The Morgan fingerprint density at radius 1 is 0.914 bits per heavy atom. The van der Waals surface area contributed by atoms with E-state index in [1.165, 1.54) is 0 Å². The molecule has 1 aliphatic heterocycles. The van der Waals surface area contributed by atoms with Crippen molar-refractivity contribution in [2.24, 2.45) is 0 Å². The van der Waals surface area contributed by atoms with Crippen molar-refractivity contribution in [3.05, 3.63) is 124 Å². The Bertz CT molecular complexity index is 1310. The lowest BCUT2D eigenvalue weighted by atomic mass is 9.72. The zero-order valence-electron chi connectivity index (χ0n) is 19.5. The topological polar surface area (TPSA) is 75.6 Å². The maximum atomic E-state index is 13.6. The van der Waals surface area contributed by atoms with Crippen LogP contribution in [0.5, 0.6) is 5.75 Å². The summed E-state index contributed by atoms with van der Waals surface area (Å²) in [6.07, 6.45) is 1.06. The molecule has 1 heterocycles. The van der Waals surface area contributed by atoms with E-state index in [4.69, 9.17) is 4.74 Å². The van der Waals surface area contributed by atoms with Crippen LogP contribution < -0.4 is 5.32 Å². The normalized spacial score (nSPS) is 19.7. The Kier molecular flexibility index (Phi) is 6.23. The van der Waals surface area contributed by atoms with Crippen molar-refractivity contribution in [1.29, 1.82) is 0 Å². The van der Waals surface area contributed by atoms with Gasteiger partial charge in [0.2, 0.25) is 0 Å². The molecule has 0 radical (unpaired) electrons. The predicted molar refractivity (Wildman–Crippen MR) is 133 cm³/mol. The highest BCUT2D eigenvalue weighted by atomic mass is 16.5. The number of phenolic OH excluding ortho intramolecular Hbond substituents is 1. The predicted octanol–water partition coefficient (Wildman–Crippen LogP) is 5.50. The van der Waals surface area contributed by atoms with Crippen LogP contribution in [0.25, 0.3) is 0 Å². The van der Waals surface area contributed by atoms with Gasteiger partial charge in [0, 0.05) is 29.3 Å². The minimum absolute atomic E-state index is 0.0199. The number of rotatable bonds is 5. The second-order valence-corrected chi connectivity index (χ2v) is 9.08. The number of allylic oxidation sites excluding steroid dienone is 3. The van der Waals surface area contributed by atoms with E-state index < -0.39 is 11.9 Å². The third-order valence-electron chi connectivity index (χ3n) is 6.76. The van der Waals surface area contributed by atoms with E-state index in [2.05, 4.69) is 17.4 Å². The maximum Gasteiger partial charge on any atom is 0.337 e. The van der Waals surface area contributed by atoms with Gasteiger partial charge >= 0.3 is 5.97 Å². The van der Waals surface area contributed by atoms with Gasteiger partial charge in [-0.15, -0.1) is 0 Å². The smallest absolute Gasteiger partial charge is 0.337 e. The number of aromatic hydroxyl groups is 1. The summed E-state index contributed by atoms with van der Waals surface area (Å²) in [5.41, 5.74) is 5.37. The highest BCUT2D eigenvalue weighted by Crippen LogP contribution is 2.45. The highest BCUT2D eigenvalue weighted by Gasteiger charge is 2.41. The summed E-state index contributed by atoms with van der Waals surface area (Å²) in [4.78, 5) is 27.0. The summed E-state index contributed by atoms with van der Waals surface area (Å²) in [5.74, 6) is -0.785. The van der Waals surface area contributed by atoms with Gasteiger partial charge in [-0.05, 0) is 48.1 Å². The minimum Gasteiger partial charge on any atom is -0.508 e. The standard InChI is InChI=1S/C30H27NO4/c1-19-27(30(34)35-18-20-8-4-2-5-9-20)28(22-12-14-24(32)15-13-22)29-25(31-19)16-23(17-26(29)33)21-10-6-3-7-11-21/h2-15,23,28,31-32H,16-18H2,1H3/t23-,28-/m1/s1. The summed E-state index contributed by atoms with van der Waals surface area (Å²) in [5, 5.41) is 13.2. The van der Waals surface area contributed by atoms with Crippen LogP contribution in [-0.4, -0.2) is 16.9 Å². The average Bonchev–Trinajstić information content (AvgIpc) is 2.88. The van der Waals surface area contributed by atoms with Gasteiger partial charge in [-0.3, -0.25) is 4.79 Å². The number of hydrogen-bond donors (Lipinski definition) is 2. The Morgan fingerprint density at radius 3 is 2.26 bits per heavy atom. The van der Waals surface area contributed by atoms with Crippen LogP contribution >= 0.6 is 0 Å². The van der Waals surface area contributed by atoms with Crippen LogP contribution in [0.4, 0.5) is 0 Å². The molecule has 1 aliphatic carbocycles. The van der Waals surface area contributed by atoms with E-state index in [9.17, 15) is 14.7 Å². The number of ether oxygens (including phenoxy) is 1. The minimum atomic E-state index is -0.556. The van der Waals surface area contributed by atoms with Crippen molar-refractivity contribution in [1.82, 2.24) is 5.32 Å². The van der Waals surface area contributed by atoms with Gasteiger partial charge in [0.15, 0.2) is 5.78 Å². The first-order chi connectivity index (χ1) is 17.0. The quantitative estimate of drug-likeness (QED) is 0.487. The lowest BCUT2D eigenvalue weighted by molar-refractivity contribution is -0.140. The van der Waals surface area contributed by atoms with E-state index in [0.29, 0.717) is 29.7 Å². The number of Topliss-reactive ketones (excluding diaryl/α,β-unsaturated/α-hetero) is 1. The number of carbonyl (C=O) groups is 2. The molecule has 0 amide bonds. The van der Waals surface area contributed by atoms with Crippen molar-refractivity contribution >= 4 is 11.8 Å². The first kappa shape index (κ1) is 22.7. The molecule has 0 saturated carbocycles. The summed E-state index contributed by atoms with van der Waals surface area (Å²) in [6.45, 7) is 2.00. The molecule has 2 aliphatic rings. The molecule has 176 valence electrons. The van der Waals surface area contributed by atoms with E-state index in [1.807, 2.05) is 55.5 Å². The number of dihydropyridines is 1.